The number of benzene rings is 1. The number of hydrogen-bond donors (Lipinski definition) is 3. The number of ether oxygens (including phenoxy) is 1. The molecule has 1 aromatic rings. The molecule has 0 saturated heterocycles. The van der Waals surface area contributed by atoms with Gasteiger partial charge in [0.05, 0.1) is 13.1 Å². The van der Waals surface area contributed by atoms with Crippen molar-refractivity contribution >= 4 is 35.8 Å². The van der Waals surface area contributed by atoms with Crippen LogP contribution < -0.4 is 20.7 Å². The minimum absolute atomic E-state index is 0. The van der Waals surface area contributed by atoms with E-state index in [4.69, 9.17) is 0 Å². The summed E-state index contributed by atoms with van der Waals surface area (Å²) in [7, 11) is 0. The van der Waals surface area contributed by atoms with Crippen molar-refractivity contribution in [1.82, 2.24) is 16.0 Å². The van der Waals surface area contributed by atoms with Crippen LogP contribution in [0.3, 0.4) is 0 Å². The highest BCUT2D eigenvalue weighted by atomic mass is 127. The minimum atomic E-state index is -2.88. The van der Waals surface area contributed by atoms with E-state index in [1.165, 1.54) is 6.07 Å². The SMILES string of the molecule is CCNC(=O)CNC(=NCc1ccccc1OC(F)F)NCC.I. The molecule has 0 aliphatic rings. The number of likely N-dealkylation sites (N-methyl/N-ethyl adjacent to an activating group) is 1. The second-order valence-electron chi connectivity index (χ2n) is 4.49. The molecule has 3 N–H and O–H groups in total. The van der Waals surface area contributed by atoms with Crippen molar-refractivity contribution in [3.05, 3.63) is 29.8 Å². The zero-order valence-electron chi connectivity index (χ0n) is 13.6. The Morgan fingerprint density at radius 1 is 1.17 bits per heavy atom. The minimum Gasteiger partial charge on any atom is -0.434 e. The summed E-state index contributed by atoms with van der Waals surface area (Å²) in [4.78, 5) is 15.7. The Bertz CT molecular complexity index is 530. The van der Waals surface area contributed by atoms with Crippen LogP contribution in [-0.2, 0) is 11.3 Å². The van der Waals surface area contributed by atoms with Gasteiger partial charge in [0.1, 0.15) is 5.75 Å². The fourth-order valence-electron chi connectivity index (χ4n) is 1.78. The van der Waals surface area contributed by atoms with Gasteiger partial charge in [0.25, 0.3) is 0 Å². The maximum absolute atomic E-state index is 12.4. The summed E-state index contributed by atoms with van der Waals surface area (Å²) < 4.78 is 29.2. The van der Waals surface area contributed by atoms with E-state index in [0.717, 1.165) is 0 Å². The molecule has 0 aliphatic heterocycles. The number of nitrogens with zero attached hydrogens (tertiary/aromatic N) is 1. The van der Waals surface area contributed by atoms with Gasteiger partial charge in [-0.1, -0.05) is 18.2 Å². The average molecular weight is 456 g/mol. The number of rotatable bonds is 8. The summed E-state index contributed by atoms with van der Waals surface area (Å²) in [5.74, 6) is 0.357. The first-order chi connectivity index (χ1) is 11.1. The molecule has 0 fully saturated rings. The molecule has 0 heterocycles. The maximum atomic E-state index is 12.4. The predicted octanol–water partition coefficient (Wildman–Crippen LogP) is 2.10. The molecule has 0 spiro atoms. The third-order valence-corrected chi connectivity index (χ3v) is 2.73. The van der Waals surface area contributed by atoms with Crippen LogP contribution in [0.5, 0.6) is 5.75 Å². The standard InChI is InChI=1S/C15H22F2N4O2.HI/c1-3-18-13(22)10-21-15(19-4-2)20-9-11-7-5-6-8-12(11)23-14(16)17;/h5-8,14H,3-4,9-10H2,1-2H3,(H,18,22)(H2,19,20,21);1H. The van der Waals surface area contributed by atoms with Crippen LogP contribution in [0.4, 0.5) is 8.78 Å². The molecule has 0 atom stereocenters. The Balaban J connectivity index is 0.00000529. The van der Waals surface area contributed by atoms with Crippen molar-refractivity contribution in [3.8, 4) is 5.75 Å². The zero-order chi connectivity index (χ0) is 17.1. The number of guanidine groups is 1. The lowest BCUT2D eigenvalue weighted by atomic mass is 10.2. The van der Waals surface area contributed by atoms with E-state index in [0.29, 0.717) is 24.6 Å². The van der Waals surface area contributed by atoms with E-state index in [-0.39, 0.29) is 48.7 Å². The lowest BCUT2D eigenvalue weighted by Gasteiger charge is -2.12. The summed E-state index contributed by atoms with van der Waals surface area (Å²) in [6.07, 6.45) is 0. The number of amides is 1. The molecule has 1 aromatic carbocycles. The summed E-state index contributed by atoms with van der Waals surface area (Å²) in [5.41, 5.74) is 0.531. The van der Waals surface area contributed by atoms with Crippen molar-refractivity contribution in [2.45, 2.75) is 27.0 Å². The molecule has 0 aromatic heterocycles. The smallest absolute Gasteiger partial charge is 0.387 e. The highest BCUT2D eigenvalue weighted by Crippen LogP contribution is 2.20. The molecule has 0 radical (unpaired) electrons. The van der Waals surface area contributed by atoms with Crippen molar-refractivity contribution in [2.75, 3.05) is 19.6 Å². The Morgan fingerprint density at radius 2 is 1.83 bits per heavy atom. The third kappa shape index (κ3) is 8.85. The molecule has 6 nitrogen and oxygen atoms in total. The normalized spacial score (nSPS) is 10.8. The first-order valence-corrected chi connectivity index (χ1v) is 7.38. The molecule has 0 saturated carbocycles. The maximum Gasteiger partial charge on any atom is 0.387 e. The number of para-hydroxylation sites is 1. The van der Waals surface area contributed by atoms with E-state index in [9.17, 15) is 13.6 Å². The summed E-state index contributed by atoms with van der Waals surface area (Å²) >= 11 is 0. The molecule has 9 heteroatoms. The van der Waals surface area contributed by atoms with Gasteiger partial charge in [0.2, 0.25) is 5.91 Å². The number of hydrogen-bond acceptors (Lipinski definition) is 3. The number of halogens is 3. The van der Waals surface area contributed by atoms with Gasteiger partial charge in [-0.3, -0.25) is 4.79 Å². The average Bonchev–Trinajstić information content (AvgIpc) is 2.51. The lowest BCUT2D eigenvalue weighted by Crippen LogP contribution is -2.43. The van der Waals surface area contributed by atoms with Crippen molar-refractivity contribution in [2.24, 2.45) is 4.99 Å². The second-order valence-corrected chi connectivity index (χ2v) is 4.49. The predicted molar refractivity (Wildman–Crippen MR) is 100.0 cm³/mol. The molecule has 24 heavy (non-hydrogen) atoms. The number of carbonyl (C=O) groups excluding carboxylic acids is 1. The largest absolute Gasteiger partial charge is 0.434 e. The Labute approximate surface area is 157 Å². The first-order valence-electron chi connectivity index (χ1n) is 7.38. The van der Waals surface area contributed by atoms with E-state index in [2.05, 4.69) is 25.7 Å². The van der Waals surface area contributed by atoms with Gasteiger partial charge in [0.15, 0.2) is 5.96 Å². The van der Waals surface area contributed by atoms with Crippen LogP contribution in [0.2, 0.25) is 0 Å². The van der Waals surface area contributed by atoms with E-state index in [1.54, 1.807) is 18.2 Å². The molecule has 0 unspecified atom stereocenters. The summed E-state index contributed by atoms with van der Waals surface area (Å²) in [5, 5.41) is 8.51. The molecule has 0 bridgehead atoms. The van der Waals surface area contributed by atoms with Gasteiger partial charge in [0, 0.05) is 18.7 Å². The van der Waals surface area contributed by atoms with Crippen molar-refractivity contribution < 1.29 is 18.3 Å². The zero-order valence-corrected chi connectivity index (χ0v) is 16.0. The van der Waals surface area contributed by atoms with Gasteiger partial charge < -0.3 is 20.7 Å². The number of carbonyl (C=O) groups is 1. The molecule has 1 amide bonds. The van der Waals surface area contributed by atoms with Crippen LogP contribution in [-0.4, -0.2) is 38.1 Å². The van der Waals surface area contributed by atoms with Crippen LogP contribution in [0, 0.1) is 0 Å². The van der Waals surface area contributed by atoms with Gasteiger partial charge in [-0.25, -0.2) is 4.99 Å². The fourth-order valence-corrected chi connectivity index (χ4v) is 1.78. The van der Waals surface area contributed by atoms with Gasteiger partial charge in [-0.05, 0) is 19.9 Å². The molecule has 136 valence electrons. The molecule has 1 rings (SSSR count). The monoisotopic (exact) mass is 456 g/mol. The third-order valence-electron chi connectivity index (χ3n) is 2.73. The van der Waals surface area contributed by atoms with E-state index < -0.39 is 6.61 Å². The Morgan fingerprint density at radius 3 is 2.46 bits per heavy atom. The summed E-state index contributed by atoms with van der Waals surface area (Å²) in [6.45, 7) is 2.21. The van der Waals surface area contributed by atoms with Crippen LogP contribution in [0.25, 0.3) is 0 Å². The Hall–Kier alpha value is -1.65. The second kappa shape index (κ2) is 12.7. The van der Waals surface area contributed by atoms with Crippen LogP contribution >= 0.6 is 24.0 Å². The topological polar surface area (TPSA) is 74.8 Å². The highest BCUT2D eigenvalue weighted by molar-refractivity contribution is 14.0. The lowest BCUT2D eigenvalue weighted by molar-refractivity contribution is -0.119. The molecular formula is C15H23F2IN4O2. The summed E-state index contributed by atoms with van der Waals surface area (Å²) in [6, 6.07) is 6.46. The number of nitrogens with one attached hydrogen (secondary N) is 3. The first kappa shape index (κ1) is 22.4. The number of alkyl halides is 2. The van der Waals surface area contributed by atoms with Crippen LogP contribution in [0.15, 0.2) is 29.3 Å². The quantitative estimate of drug-likeness (QED) is 0.318. The highest BCUT2D eigenvalue weighted by Gasteiger charge is 2.09. The van der Waals surface area contributed by atoms with Crippen molar-refractivity contribution in [3.63, 3.8) is 0 Å². The Kier molecular flexibility index (Phi) is 11.9. The van der Waals surface area contributed by atoms with Crippen LogP contribution in [0.1, 0.15) is 19.4 Å². The molecular weight excluding hydrogens is 433 g/mol. The van der Waals surface area contributed by atoms with E-state index in [1.807, 2.05) is 13.8 Å². The van der Waals surface area contributed by atoms with Gasteiger partial charge >= 0.3 is 6.61 Å². The van der Waals surface area contributed by atoms with Crippen molar-refractivity contribution in [1.29, 1.82) is 0 Å². The van der Waals surface area contributed by atoms with E-state index >= 15 is 0 Å². The molecule has 0 aliphatic carbocycles. The number of aliphatic imine (C=N–C) groups is 1. The van der Waals surface area contributed by atoms with Gasteiger partial charge in [-0.15, -0.1) is 24.0 Å². The fraction of sp³-hybridized carbons (Fsp3) is 0.467. The van der Waals surface area contributed by atoms with Gasteiger partial charge in [-0.2, -0.15) is 8.78 Å².